The number of hydrogen-bond acceptors (Lipinski definition) is 4. The first-order valence-electron chi connectivity index (χ1n) is 9.70. The molecule has 0 aromatic heterocycles. The molecule has 25 heavy (non-hydrogen) atoms. The van der Waals surface area contributed by atoms with Crippen molar-refractivity contribution < 1.29 is 9.53 Å². The summed E-state index contributed by atoms with van der Waals surface area (Å²) >= 11 is 0. The molecule has 5 heteroatoms. The molecule has 2 atom stereocenters. The topological polar surface area (TPSA) is 44.8 Å². The van der Waals surface area contributed by atoms with Crippen LogP contribution in [-0.2, 0) is 9.53 Å². The summed E-state index contributed by atoms with van der Waals surface area (Å²) in [4.78, 5) is 16.3. The van der Waals surface area contributed by atoms with Gasteiger partial charge in [-0.25, -0.2) is 0 Å². The van der Waals surface area contributed by atoms with Crippen LogP contribution in [-0.4, -0.2) is 55.7 Å². The highest BCUT2D eigenvalue weighted by Gasteiger charge is 2.32. The fraction of sp³-hybridized carbons (Fsp3) is 0.650. The van der Waals surface area contributed by atoms with Crippen LogP contribution in [0.2, 0.25) is 0 Å². The monoisotopic (exact) mass is 343 g/mol. The predicted octanol–water partition coefficient (Wildman–Crippen LogP) is 2.33. The average Bonchev–Trinajstić information content (AvgIpc) is 3.41. The van der Waals surface area contributed by atoms with E-state index in [0.29, 0.717) is 12.5 Å². The molecule has 4 rings (SSSR count). The number of benzene rings is 1. The molecule has 2 heterocycles. The fourth-order valence-electron chi connectivity index (χ4n) is 3.93. The van der Waals surface area contributed by atoms with Crippen LogP contribution in [0.1, 0.15) is 44.2 Å². The van der Waals surface area contributed by atoms with Crippen LogP contribution in [0.3, 0.4) is 0 Å². The van der Waals surface area contributed by atoms with Gasteiger partial charge in [-0.1, -0.05) is 12.1 Å². The van der Waals surface area contributed by atoms with Gasteiger partial charge in [0.15, 0.2) is 0 Å². The highest BCUT2D eigenvalue weighted by atomic mass is 16.5. The molecule has 2 unspecified atom stereocenters. The van der Waals surface area contributed by atoms with Gasteiger partial charge in [-0.05, 0) is 43.9 Å². The summed E-state index contributed by atoms with van der Waals surface area (Å²) in [6.45, 7) is 6.93. The van der Waals surface area contributed by atoms with Crippen molar-refractivity contribution >= 4 is 11.6 Å². The first-order valence-corrected chi connectivity index (χ1v) is 9.70. The van der Waals surface area contributed by atoms with Crippen LogP contribution in [0, 0.1) is 0 Å². The minimum atomic E-state index is 0.244. The van der Waals surface area contributed by atoms with E-state index < -0.39 is 0 Å². The lowest BCUT2D eigenvalue weighted by Crippen LogP contribution is -2.47. The molecule has 1 amide bonds. The lowest BCUT2D eigenvalue weighted by Gasteiger charge is -2.33. The first kappa shape index (κ1) is 17.0. The molecule has 1 aromatic rings. The Labute approximate surface area is 150 Å². The summed E-state index contributed by atoms with van der Waals surface area (Å²) in [6, 6.07) is 9.52. The molecule has 0 spiro atoms. The molecule has 2 aliphatic heterocycles. The standard InChI is InChI=1S/C20H29N3O2/c1-15(21-13-19-14-22(11-12-25-19)17-8-9-17)16-4-6-18(7-5-16)23-10-2-3-20(23)24/h4-7,15,17,19,21H,2-3,8-14H2,1H3. The Morgan fingerprint density at radius 1 is 1.24 bits per heavy atom. The van der Waals surface area contributed by atoms with E-state index in [4.69, 9.17) is 4.74 Å². The third kappa shape index (κ3) is 4.05. The van der Waals surface area contributed by atoms with Gasteiger partial charge in [-0.3, -0.25) is 9.69 Å². The fourth-order valence-corrected chi connectivity index (χ4v) is 3.93. The van der Waals surface area contributed by atoms with Gasteiger partial charge >= 0.3 is 0 Å². The molecule has 3 fully saturated rings. The largest absolute Gasteiger partial charge is 0.374 e. The number of nitrogens with one attached hydrogen (secondary N) is 1. The maximum absolute atomic E-state index is 11.8. The molecular weight excluding hydrogens is 314 g/mol. The Morgan fingerprint density at radius 2 is 2.04 bits per heavy atom. The van der Waals surface area contributed by atoms with Crippen molar-refractivity contribution in [3.8, 4) is 0 Å². The SMILES string of the molecule is CC(NCC1CN(C2CC2)CCO1)c1ccc(N2CCCC2=O)cc1. The van der Waals surface area contributed by atoms with Crippen LogP contribution < -0.4 is 10.2 Å². The van der Waals surface area contributed by atoms with Crippen LogP contribution in [0.5, 0.6) is 0 Å². The van der Waals surface area contributed by atoms with E-state index in [0.717, 1.165) is 50.9 Å². The number of nitrogens with zero attached hydrogens (tertiary/aromatic N) is 2. The van der Waals surface area contributed by atoms with Crippen molar-refractivity contribution in [2.24, 2.45) is 0 Å². The normalized spacial score (nSPS) is 26.2. The zero-order valence-corrected chi connectivity index (χ0v) is 15.1. The van der Waals surface area contributed by atoms with Crippen LogP contribution >= 0.6 is 0 Å². The molecular formula is C20H29N3O2. The molecule has 3 aliphatic rings. The Bertz CT molecular complexity index is 599. The number of rotatable bonds is 6. The molecule has 2 saturated heterocycles. The first-order chi connectivity index (χ1) is 12.2. The Kier molecular flexibility index (Phi) is 5.06. The second-order valence-electron chi connectivity index (χ2n) is 7.59. The van der Waals surface area contributed by atoms with E-state index >= 15 is 0 Å². The minimum absolute atomic E-state index is 0.244. The number of hydrogen-bond donors (Lipinski definition) is 1. The highest BCUT2D eigenvalue weighted by molar-refractivity contribution is 5.95. The van der Waals surface area contributed by atoms with Gasteiger partial charge in [0.25, 0.3) is 0 Å². The van der Waals surface area contributed by atoms with Gasteiger partial charge in [0.2, 0.25) is 5.91 Å². The average molecular weight is 343 g/mol. The summed E-state index contributed by atoms with van der Waals surface area (Å²) in [5, 5.41) is 3.61. The van der Waals surface area contributed by atoms with E-state index in [2.05, 4.69) is 41.4 Å². The zero-order valence-electron chi connectivity index (χ0n) is 15.1. The number of amides is 1. The van der Waals surface area contributed by atoms with Crippen molar-refractivity contribution in [1.82, 2.24) is 10.2 Å². The van der Waals surface area contributed by atoms with Gasteiger partial charge in [0.05, 0.1) is 12.7 Å². The van der Waals surface area contributed by atoms with Crippen LogP contribution in [0.15, 0.2) is 24.3 Å². The van der Waals surface area contributed by atoms with Crippen LogP contribution in [0.25, 0.3) is 0 Å². The highest BCUT2D eigenvalue weighted by Crippen LogP contribution is 2.28. The number of carbonyl (C=O) groups excluding carboxylic acids is 1. The Morgan fingerprint density at radius 3 is 2.72 bits per heavy atom. The summed E-state index contributed by atoms with van der Waals surface area (Å²) in [7, 11) is 0. The number of anilines is 1. The molecule has 0 bridgehead atoms. The van der Waals surface area contributed by atoms with Crippen molar-refractivity contribution in [1.29, 1.82) is 0 Å². The maximum atomic E-state index is 11.8. The second-order valence-corrected chi connectivity index (χ2v) is 7.59. The van der Waals surface area contributed by atoms with E-state index in [1.165, 1.54) is 18.4 Å². The summed E-state index contributed by atoms with van der Waals surface area (Å²) in [5.41, 5.74) is 2.28. The number of carbonyl (C=O) groups is 1. The van der Waals surface area contributed by atoms with Crippen molar-refractivity contribution in [2.75, 3.05) is 37.7 Å². The van der Waals surface area contributed by atoms with Crippen molar-refractivity contribution in [3.05, 3.63) is 29.8 Å². The zero-order chi connectivity index (χ0) is 17.2. The minimum Gasteiger partial charge on any atom is -0.374 e. The molecule has 1 N–H and O–H groups in total. The van der Waals surface area contributed by atoms with E-state index in [9.17, 15) is 4.79 Å². The van der Waals surface area contributed by atoms with Crippen LogP contribution in [0.4, 0.5) is 5.69 Å². The molecule has 1 aliphatic carbocycles. The third-order valence-electron chi connectivity index (χ3n) is 5.66. The quantitative estimate of drug-likeness (QED) is 0.861. The van der Waals surface area contributed by atoms with E-state index in [1.54, 1.807) is 0 Å². The molecule has 1 aromatic carbocycles. The summed E-state index contributed by atoms with van der Waals surface area (Å²) in [5.74, 6) is 0.244. The Hall–Kier alpha value is -1.43. The smallest absolute Gasteiger partial charge is 0.227 e. The maximum Gasteiger partial charge on any atom is 0.227 e. The lowest BCUT2D eigenvalue weighted by molar-refractivity contribution is -0.117. The third-order valence-corrected chi connectivity index (χ3v) is 5.66. The molecule has 0 radical (unpaired) electrons. The van der Waals surface area contributed by atoms with Gasteiger partial charge in [0, 0.05) is 50.4 Å². The Balaban J connectivity index is 1.28. The molecule has 5 nitrogen and oxygen atoms in total. The predicted molar refractivity (Wildman–Crippen MR) is 98.8 cm³/mol. The van der Waals surface area contributed by atoms with Gasteiger partial charge in [0.1, 0.15) is 0 Å². The van der Waals surface area contributed by atoms with Crippen molar-refractivity contribution in [3.63, 3.8) is 0 Å². The van der Waals surface area contributed by atoms with Gasteiger partial charge in [-0.2, -0.15) is 0 Å². The molecule has 136 valence electrons. The van der Waals surface area contributed by atoms with Gasteiger partial charge < -0.3 is 15.0 Å². The van der Waals surface area contributed by atoms with E-state index in [-0.39, 0.29) is 11.9 Å². The summed E-state index contributed by atoms with van der Waals surface area (Å²) in [6.07, 6.45) is 4.67. The number of morpholine rings is 1. The second kappa shape index (κ2) is 7.44. The van der Waals surface area contributed by atoms with E-state index in [1.807, 2.05) is 4.90 Å². The molecule has 1 saturated carbocycles. The lowest BCUT2D eigenvalue weighted by atomic mass is 10.1. The summed E-state index contributed by atoms with van der Waals surface area (Å²) < 4.78 is 5.92. The number of ether oxygens (including phenoxy) is 1. The van der Waals surface area contributed by atoms with Gasteiger partial charge in [-0.15, -0.1) is 0 Å². The van der Waals surface area contributed by atoms with Crippen molar-refractivity contribution in [2.45, 2.75) is 50.8 Å².